The lowest BCUT2D eigenvalue weighted by atomic mass is 10.1. The standard InChI is InChI=1S/C15H11FN2O2/c16-13-7-11(8-17)3-6-14(13)18-9-10-1-4-12(5-2-10)15(19)20/h1-7,18H,9H2,(H,19,20). The molecule has 0 saturated heterocycles. The van der Waals surface area contributed by atoms with Crippen LogP contribution in [0.2, 0.25) is 0 Å². The van der Waals surface area contributed by atoms with Crippen molar-refractivity contribution in [1.29, 1.82) is 5.26 Å². The number of rotatable bonds is 4. The Kier molecular flexibility index (Phi) is 3.96. The zero-order valence-corrected chi connectivity index (χ0v) is 10.4. The first-order valence-electron chi connectivity index (χ1n) is 5.86. The molecule has 0 spiro atoms. The Bertz CT molecular complexity index is 675. The molecule has 4 nitrogen and oxygen atoms in total. The minimum absolute atomic E-state index is 0.207. The summed E-state index contributed by atoms with van der Waals surface area (Å²) in [5.41, 5.74) is 1.60. The lowest BCUT2D eigenvalue weighted by Gasteiger charge is -2.08. The van der Waals surface area contributed by atoms with E-state index in [1.54, 1.807) is 12.1 Å². The molecular formula is C15H11FN2O2. The van der Waals surface area contributed by atoms with Crippen LogP contribution in [0.15, 0.2) is 42.5 Å². The average Bonchev–Trinajstić information content (AvgIpc) is 2.46. The smallest absolute Gasteiger partial charge is 0.335 e. The van der Waals surface area contributed by atoms with E-state index in [2.05, 4.69) is 5.32 Å². The number of carbonyl (C=O) groups is 1. The van der Waals surface area contributed by atoms with Gasteiger partial charge in [0, 0.05) is 6.54 Å². The van der Waals surface area contributed by atoms with Gasteiger partial charge in [0.25, 0.3) is 0 Å². The number of aromatic carboxylic acids is 1. The number of nitrogens with zero attached hydrogens (tertiary/aromatic N) is 1. The molecule has 0 aliphatic rings. The maximum Gasteiger partial charge on any atom is 0.335 e. The predicted molar refractivity (Wildman–Crippen MR) is 71.8 cm³/mol. The van der Waals surface area contributed by atoms with Crippen molar-refractivity contribution in [3.8, 4) is 6.07 Å². The highest BCUT2D eigenvalue weighted by molar-refractivity contribution is 5.87. The first-order chi connectivity index (χ1) is 9.60. The molecule has 0 heterocycles. The van der Waals surface area contributed by atoms with Gasteiger partial charge in [-0.2, -0.15) is 5.26 Å². The number of anilines is 1. The van der Waals surface area contributed by atoms with Crippen LogP contribution in [0.1, 0.15) is 21.5 Å². The van der Waals surface area contributed by atoms with Crippen LogP contribution >= 0.6 is 0 Å². The molecule has 0 aromatic heterocycles. The summed E-state index contributed by atoms with van der Waals surface area (Å²) in [7, 11) is 0. The Morgan fingerprint density at radius 2 is 1.95 bits per heavy atom. The number of benzene rings is 2. The Balaban J connectivity index is 2.05. The molecule has 2 rings (SSSR count). The van der Waals surface area contributed by atoms with E-state index in [1.165, 1.54) is 24.3 Å². The van der Waals surface area contributed by atoms with Crippen molar-refractivity contribution < 1.29 is 14.3 Å². The summed E-state index contributed by atoms with van der Waals surface area (Å²) in [5, 5.41) is 20.3. The molecule has 0 amide bonds. The van der Waals surface area contributed by atoms with Crippen molar-refractivity contribution in [3.05, 3.63) is 65.0 Å². The normalized spacial score (nSPS) is 9.80. The van der Waals surface area contributed by atoms with Crippen LogP contribution in [-0.4, -0.2) is 11.1 Å². The second kappa shape index (κ2) is 5.85. The zero-order valence-electron chi connectivity index (χ0n) is 10.4. The van der Waals surface area contributed by atoms with Crippen molar-refractivity contribution in [2.75, 3.05) is 5.32 Å². The topological polar surface area (TPSA) is 73.1 Å². The fourth-order valence-electron chi connectivity index (χ4n) is 1.69. The van der Waals surface area contributed by atoms with Crippen molar-refractivity contribution in [1.82, 2.24) is 0 Å². The van der Waals surface area contributed by atoms with Crippen LogP contribution in [0.4, 0.5) is 10.1 Å². The molecule has 0 aliphatic carbocycles. The third-order valence-corrected chi connectivity index (χ3v) is 2.78. The maximum absolute atomic E-state index is 13.6. The van der Waals surface area contributed by atoms with E-state index in [4.69, 9.17) is 10.4 Å². The highest BCUT2D eigenvalue weighted by Crippen LogP contribution is 2.16. The summed E-state index contributed by atoms with van der Waals surface area (Å²) < 4.78 is 13.6. The maximum atomic E-state index is 13.6. The fourth-order valence-corrected chi connectivity index (χ4v) is 1.69. The second-order valence-electron chi connectivity index (χ2n) is 4.16. The van der Waals surface area contributed by atoms with E-state index in [0.29, 0.717) is 12.2 Å². The minimum Gasteiger partial charge on any atom is -0.478 e. The molecule has 0 fully saturated rings. The summed E-state index contributed by atoms with van der Waals surface area (Å²) in [5.74, 6) is -1.48. The predicted octanol–water partition coefficient (Wildman–Crippen LogP) is 3.01. The highest BCUT2D eigenvalue weighted by Gasteiger charge is 2.04. The largest absolute Gasteiger partial charge is 0.478 e. The number of carboxylic acids is 1. The van der Waals surface area contributed by atoms with Crippen LogP contribution in [-0.2, 0) is 6.54 Å². The number of halogens is 1. The van der Waals surface area contributed by atoms with Gasteiger partial charge in [-0.25, -0.2) is 9.18 Å². The molecule has 2 aromatic rings. The van der Waals surface area contributed by atoms with Gasteiger partial charge < -0.3 is 10.4 Å². The number of nitriles is 1. The van der Waals surface area contributed by atoms with E-state index in [1.807, 2.05) is 6.07 Å². The first-order valence-corrected chi connectivity index (χ1v) is 5.86. The van der Waals surface area contributed by atoms with Gasteiger partial charge in [0.1, 0.15) is 5.82 Å². The minimum atomic E-state index is -0.984. The summed E-state index contributed by atoms with van der Waals surface area (Å²) >= 11 is 0. The average molecular weight is 270 g/mol. The van der Waals surface area contributed by atoms with Crippen LogP contribution in [0, 0.1) is 17.1 Å². The molecule has 0 atom stereocenters. The second-order valence-corrected chi connectivity index (χ2v) is 4.16. The number of carboxylic acid groups (broad SMARTS) is 1. The molecule has 0 radical (unpaired) electrons. The van der Waals surface area contributed by atoms with Gasteiger partial charge in [-0.1, -0.05) is 12.1 Å². The van der Waals surface area contributed by atoms with Crippen LogP contribution in [0.25, 0.3) is 0 Å². The fraction of sp³-hybridized carbons (Fsp3) is 0.0667. The van der Waals surface area contributed by atoms with E-state index in [9.17, 15) is 9.18 Å². The van der Waals surface area contributed by atoms with Gasteiger partial charge in [0.05, 0.1) is 22.9 Å². The molecule has 2 aromatic carbocycles. The molecule has 5 heteroatoms. The van der Waals surface area contributed by atoms with E-state index < -0.39 is 11.8 Å². The summed E-state index contributed by atoms with van der Waals surface area (Å²) in [6, 6.07) is 12.4. The van der Waals surface area contributed by atoms with Gasteiger partial charge in [-0.05, 0) is 35.9 Å². The Morgan fingerprint density at radius 3 is 2.50 bits per heavy atom. The number of nitrogens with one attached hydrogen (secondary N) is 1. The van der Waals surface area contributed by atoms with Crippen molar-refractivity contribution in [3.63, 3.8) is 0 Å². The van der Waals surface area contributed by atoms with Crippen molar-refractivity contribution in [2.45, 2.75) is 6.54 Å². The van der Waals surface area contributed by atoms with E-state index in [0.717, 1.165) is 11.6 Å². The Labute approximate surface area is 115 Å². The van der Waals surface area contributed by atoms with E-state index >= 15 is 0 Å². The molecule has 100 valence electrons. The third-order valence-electron chi connectivity index (χ3n) is 2.78. The van der Waals surface area contributed by atoms with Gasteiger partial charge in [0.2, 0.25) is 0 Å². The van der Waals surface area contributed by atoms with Gasteiger partial charge in [-0.15, -0.1) is 0 Å². The quantitative estimate of drug-likeness (QED) is 0.895. The lowest BCUT2D eigenvalue weighted by molar-refractivity contribution is 0.0697. The van der Waals surface area contributed by atoms with E-state index in [-0.39, 0.29) is 11.1 Å². The van der Waals surface area contributed by atoms with Crippen LogP contribution in [0.3, 0.4) is 0 Å². The molecule has 2 N–H and O–H groups in total. The zero-order chi connectivity index (χ0) is 14.5. The van der Waals surface area contributed by atoms with Gasteiger partial charge in [0.15, 0.2) is 0 Å². The number of hydrogen-bond acceptors (Lipinski definition) is 3. The molecule has 0 bridgehead atoms. The Hall–Kier alpha value is -2.87. The molecule has 0 aliphatic heterocycles. The van der Waals surface area contributed by atoms with Crippen LogP contribution < -0.4 is 5.32 Å². The summed E-state index contributed by atoms with van der Waals surface area (Å²) in [6.07, 6.45) is 0. The summed E-state index contributed by atoms with van der Waals surface area (Å²) in [4.78, 5) is 10.7. The van der Waals surface area contributed by atoms with Crippen molar-refractivity contribution >= 4 is 11.7 Å². The number of hydrogen-bond donors (Lipinski definition) is 2. The Morgan fingerprint density at radius 1 is 1.25 bits per heavy atom. The molecule has 20 heavy (non-hydrogen) atoms. The van der Waals surface area contributed by atoms with Crippen molar-refractivity contribution in [2.24, 2.45) is 0 Å². The van der Waals surface area contributed by atoms with Crippen LogP contribution in [0.5, 0.6) is 0 Å². The molecule has 0 saturated carbocycles. The highest BCUT2D eigenvalue weighted by atomic mass is 19.1. The summed E-state index contributed by atoms with van der Waals surface area (Å²) in [6.45, 7) is 0.364. The first kappa shape index (κ1) is 13.6. The molecule has 0 unspecified atom stereocenters. The SMILES string of the molecule is N#Cc1ccc(NCc2ccc(C(=O)O)cc2)c(F)c1. The van der Waals surface area contributed by atoms with Gasteiger partial charge in [-0.3, -0.25) is 0 Å². The third kappa shape index (κ3) is 3.12. The van der Waals surface area contributed by atoms with Gasteiger partial charge >= 0.3 is 5.97 Å². The molecular weight excluding hydrogens is 259 g/mol. The monoisotopic (exact) mass is 270 g/mol. The lowest BCUT2D eigenvalue weighted by Crippen LogP contribution is -2.02.